The highest BCUT2D eigenvalue weighted by Crippen LogP contribution is 2.24. The molecular formula is C13H16N2O3. The topological polar surface area (TPSA) is 72.4 Å². The van der Waals surface area contributed by atoms with E-state index in [1.54, 1.807) is 4.90 Å². The summed E-state index contributed by atoms with van der Waals surface area (Å²) in [6.45, 7) is 0.530. The fourth-order valence-corrected chi connectivity index (χ4v) is 2.06. The number of hydrogen-bond acceptors (Lipinski definition) is 4. The number of ether oxygens (including phenoxy) is 1. The zero-order chi connectivity index (χ0) is 13.1. The summed E-state index contributed by atoms with van der Waals surface area (Å²) in [6, 6.07) is 8.86. The van der Waals surface area contributed by atoms with E-state index in [1.165, 1.54) is 7.11 Å². The maximum Gasteiger partial charge on any atom is 0.323 e. The highest BCUT2D eigenvalue weighted by atomic mass is 16.5. The molecular weight excluding hydrogens is 232 g/mol. The van der Waals surface area contributed by atoms with E-state index in [9.17, 15) is 9.59 Å². The first-order chi connectivity index (χ1) is 8.63. The van der Waals surface area contributed by atoms with Gasteiger partial charge < -0.3 is 10.5 Å². The lowest BCUT2D eigenvalue weighted by Crippen LogP contribution is -2.36. The second kappa shape index (κ2) is 5.18. The van der Waals surface area contributed by atoms with Crippen molar-refractivity contribution in [1.29, 1.82) is 0 Å². The number of methoxy groups -OCH3 is 1. The Labute approximate surface area is 106 Å². The number of benzene rings is 1. The molecule has 1 aromatic rings. The number of carbonyl (C=O) groups excluding carboxylic acids is 2. The minimum Gasteiger partial charge on any atom is -0.468 e. The van der Waals surface area contributed by atoms with Gasteiger partial charge in [0.25, 0.3) is 0 Å². The van der Waals surface area contributed by atoms with Crippen molar-refractivity contribution in [3.8, 4) is 0 Å². The number of hydrogen-bond donors (Lipinski definition) is 1. The van der Waals surface area contributed by atoms with Crippen LogP contribution in [0.4, 0.5) is 0 Å². The third kappa shape index (κ3) is 2.68. The lowest BCUT2D eigenvalue weighted by atomic mass is 10.1. The van der Waals surface area contributed by atoms with Gasteiger partial charge in [-0.05, 0) is 12.0 Å². The van der Waals surface area contributed by atoms with Gasteiger partial charge in [0.1, 0.15) is 12.1 Å². The van der Waals surface area contributed by atoms with Crippen molar-refractivity contribution in [1.82, 2.24) is 4.90 Å². The van der Waals surface area contributed by atoms with Crippen LogP contribution in [-0.4, -0.2) is 42.5 Å². The van der Waals surface area contributed by atoms with Crippen molar-refractivity contribution >= 4 is 11.9 Å². The molecule has 0 radical (unpaired) electrons. The molecule has 5 heteroatoms. The quantitative estimate of drug-likeness (QED) is 0.585. The zero-order valence-corrected chi connectivity index (χ0v) is 10.2. The molecule has 0 aliphatic carbocycles. The molecule has 0 saturated carbocycles. The van der Waals surface area contributed by atoms with Crippen LogP contribution in [0.1, 0.15) is 5.56 Å². The van der Waals surface area contributed by atoms with Gasteiger partial charge in [0.05, 0.1) is 7.11 Å². The van der Waals surface area contributed by atoms with Crippen LogP contribution in [0.2, 0.25) is 0 Å². The normalized spacial score (nSPS) is 23.2. The van der Waals surface area contributed by atoms with Crippen molar-refractivity contribution in [3.63, 3.8) is 0 Å². The SMILES string of the molecule is COC(=O)[C@H](Cc1ccccc1)N1C[C@H]1C(N)=O. The fourth-order valence-electron chi connectivity index (χ4n) is 2.06. The summed E-state index contributed by atoms with van der Waals surface area (Å²) in [5, 5.41) is 0. The highest BCUT2D eigenvalue weighted by Gasteiger charge is 2.46. The summed E-state index contributed by atoms with van der Waals surface area (Å²) >= 11 is 0. The first kappa shape index (κ1) is 12.6. The van der Waals surface area contributed by atoms with E-state index in [2.05, 4.69) is 0 Å². The second-order valence-corrected chi connectivity index (χ2v) is 4.34. The lowest BCUT2D eigenvalue weighted by molar-refractivity contribution is -0.145. The van der Waals surface area contributed by atoms with Crippen molar-refractivity contribution in [2.75, 3.05) is 13.7 Å². The van der Waals surface area contributed by atoms with Crippen molar-refractivity contribution in [3.05, 3.63) is 35.9 Å². The zero-order valence-electron chi connectivity index (χ0n) is 10.2. The van der Waals surface area contributed by atoms with Crippen LogP contribution in [0.5, 0.6) is 0 Å². The third-order valence-corrected chi connectivity index (χ3v) is 3.12. The van der Waals surface area contributed by atoms with Gasteiger partial charge in [0.2, 0.25) is 5.91 Å². The number of nitrogens with zero attached hydrogens (tertiary/aromatic N) is 1. The minimum atomic E-state index is -0.435. The van der Waals surface area contributed by atoms with E-state index in [1.807, 2.05) is 30.3 Å². The number of nitrogens with two attached hydrogens (primary N) is 1. The minimum absolute atomic E-state index is 0.331. The average Bonchev–Trinajstić information content (AvgIpc) is 3.16. The Morgan fingerprint density at radius 1 is 1.44 bits per heavy atom. The molecule has 1 aliphatic heterocycles. The standard InChI is InChI=1S/C13H16N2O3/c1-18-13(17)10(15-8-11(15)12(14)16)7-9-5-3-2-4-6-9/h2-6,10-11H,7-8H2,1H3,(H2,14,16)/t10-,11-,15?/m0/s1. The molecule has 2 rings (SSSR count). The predicted molar refractivity (Wildman–Crippen MR) is 65.6 cm³/mol. The molecule has 96 valence electrons. The molecule has 0 bridgehead atoms. The van der Waals surface area contributed by atoms with E-state index in [-0.39, 0.29) is 12.0 Å². The van der Waals surface area contributed by atoms with Gasteiger partial charge in [-0.2, -0.15) is 0 Å². The molecule has 1 saturated heterocycles. The molecule has 0 spiro atoms. The number of esters is 1. The first-order valence-electron chi connectivity index (χ1n) is 5.80. The molecule has 3 atom stereocenters. The Hall–Kier alpha value is -1.88. The van der Waals surface area contributed by atoms with Gasteiger partial charge >= 0.3 is 5.97 Å². The predicted octanol–water partition coefficient (Wildman–Crippen LogP) is -0.0598. The Bertz CT molecular complexity index is 447. The maximum absolute atomic E-state index is 11.7. The number of primary amides is 1. The molecule has 2 N–H and O–H groups in total. The number of rotatable bonds is 5. The van der Waals surface area contributed by atoms with Crippen LogP contribution in [0.3, 0.4) is 0 Å². The summed E-state index contributed by atoms with van der Waals surface area (Å²) in [4.78, 5) is 24.6. The van der Waals surface area contributed by atoms with E-state index in [0.29, 0.717) is 13.0 Å². The van der Waals surface area contributed by atoms with Gasteiger partial charge in [0.15, 0.2) is 0 Å². The van der Waals surface area contributed by atoms with Crippen molar-refractivity contribution in [2.45, 2.75) is 18.5 Å². The summed E-state index contributed by atoms with van der Waals surface area (Å²) < 4.78 is 4.78. The summed E-state index contributed by atoms with van der Waals surface area (Å²) in [5.41, 5.74) is 6.26. The van der Waals surface area contributed by atoms with Gasteiger partial charge in [-0.15, -0.1) is 0 Å². The molecule has 1 fully saturated rings. The molecule has 5 nitrogen and oxygen atoms in total. The third-order valence-electron chi connectivity index (χ3n) is 3.12. The second-order valence-electron chi connectivity index (χ2n) is 4.34. The van der Waals surface area contributed by atoms with Crippen LogP contribution in [0, 0.1) is 0 Å². The van der Waals surface area contributed by atoms with E-state index >= 15 is 0 Å². The van der Waals surface area contributed by atoms with E-state index < -0.39 is 11.9 Å². The molecule has 1 unspecified atom stereocenters. The van der Waals surface area contributed by atoms with Gasteiger partial charge in [-0.1, -0.05) is 30.3 Å². The largest absolute Gasteiger partial charge is 0.468 e. The van der Waals surface area contributed by atoms with Crippen LogP contribution in [-0.2, 0) is 20.7 Å². The molecule has 1 heterocycles. The molecule has 1 aliphatic rings. The maximum atomic E-state index is 11.7. The van der Waals surface area contributed by atoms with Gasteiger partial charge in [0, 0.05) is 6.54 Å². The molecule has 1 amide bonds. The van der Waals surface area contributed by atoms with Gasteiger partial charge in [-0.25, -0.2) is 0 Å². The smallest absolute Gasteiger partial charge is 0.323 e. The average molecular weight is 248 g/mol. The highest BCUT2D eigenvalue weighted by molar-refractivity contribution is 5.85. The summed E-state index contributed by atoms with van der Waals surface area (Å²) in [6.07, 6.45) is 0.525. The number of amides is 1. The first-order valence-corrected chi connectivity index (χ1v) is 5.80. The van der Waals surface area contributed by atoms with Gasteiger partial charge in [-0.3, -0.25) is 14.5 Å². The lowest BCUT2D eigenvalue weighted by Gasteiger charge is -2.16. The molecule has 1 aromatic carbocycles. The molecule has 0 aromatic heterocycles. The van der Waals surface area contributed by atoms with Crippen LogP contribution in [0.15, 0.2) is 30.3 Å². The summed E-state index contributed by atoms with van der Waals surface area (Å²) in [7, 11) is 1.35. The molecule has 18 heavy (non-hydrogen) atoms. The van der Waals surface area contributed by atoms with Crippen LogP contribution < -0.4 is 5.73 Å². The van der Waals surface area contributed by atoms with E-state index in [0.717, 1.165) is 5.56 Å². The van der Waals surface area contributed by atoms with Crippen molar-refractivity contribution < 1.29 is 14.3 Å². The van der Waals surface area contributed by atoms with E-state index in [4.69, 9.17) is 10.5 Å². The Kier molecular flexibility index (Phi) is 3.62. The monoisotopic (exact) mass is 248 g/mol. The number of carbonyl (C=O) groups is 2. The van der Waals surface area contributed by atoms with Crippen molar-refractivity contribution in [2.24, 2.45) is 5.73 Å². The Morgan fingerprint density at radius 2 is 2.11 bits per heavy atom. The van der Waals surface area contributed by atoms with Crippen LogP contribution in [0.25, 0.3) is 0 Å². The van der Waals surface area contributed by atoms with Crippen LogP contribution >= 0.6 is 0 Å². The fraction of sp³-hybridized carbons (Fsp3) is 0.385. The summed E-state index contributed by atoms with van der Waals surface area (Å²) in [5.74, 6) is -0.723. The Morgan fingerprint density at radius 3 is 2.61 bits per heavy atom. The Balaban J connectivity index is 2.08.